The van der Waals surface area contributed by atoms with Gasteiger partial charge in [-0.15, -0.1) is 0 Å². The fraction of sp³-hybridized carbons (Fsp3) is 0.533. The van der Waals surface area contributed by atoms with Crippen LogP contribution in [0.1, 0.15) is 30.4 Å². The number of hydrogen-bond donors (Lipinski definition) is 2. The van der Waals surface area contributed by atoms with Crippen molar-refractivity contribution in [3.63, 3.8) is 0 Å². The second-order valence-corrected chi connectivity index (χ2v) is 5.24. The maximum atomic E-state index is 11.9. The van der Waals surface area contributed by atoms with E-state index in [1.165, 1.54) is 11.1 Å². The van der Waals surface area contributed by atoms with Crippen LogP contribution in [0.4, 0.5) is 5.69 Å². The van der Waals surface area contributed by atoms with Gasteiger partial charge in [0.15, 0.2) is 0 Å². The highest BCUT2D eigenvalue weighted by molar-refractivity contribution is 5.91. The molecule has 0 atom stereocenters. The first-order chi connectivity index (χ1) is 8.65. The van der Waals surface area contributed by atoms with Gasteiger partial charge in [0, 0.05) is 12.1 Å². The summed E-state index contributed by atoms with van der Waals surface area (Å²) in [6.07, 6.45) is 2.87. The minimum absolute atomic E-state index is 0.144. The zero-order valence-electron chi connectivity index (χ0n) is 11.3. The Kier molecular flexibility index (Phi) is 4.37. The molecule has 1 aliphatic heterocycles. The van der Waals surface area contributed by atoms with Gasteiger partial charge in [0.25, 0.3) is 0 Å². The van der Waals surface area contributed by atoms with E-state index in [0.717, 1.165) is 31.6 Å². The van der Waals surface area contributed by atoms with E-state index in [4.69, 9.17) is 0 Å². The summed E-state index contributed by atoms with van der Waals surface area (Å²) in [6.45, 7) is 6.23. The van der Waals surface area contributed by atoms with Crippen molar-refractivity contribution in [2.24, 2.45) is 5.92 Å². The molecule has 0 aliphatic carbocycles. The molecule has 1 fully saturated rings. The van der Waals surface area contributed by atoms with Crippen LogP contribution in [-0.2, 0) is 4.79 Å². The molecule has 98 valence electrons. The summed E-state index contributed by atoms with van der Waals surface area (Å²) in [7, 11) is 0. The van der Waals surface area contributed by atoms with Gasteiger partial charge in [-0.2, -0.15) is 0 Å². The maximum Gasteiger partial charge on any atom is 0.224 e. The molecular formula is C15H22N2O. The largest absolute Gasteiger partial charge is 0.326 e. The zero-order valence-corrected chi connectivity index (χ0v) is 11.3. The van der Waals surface area contributed by atoms with Gasteiger partial charge in [0.1, 0.15) is 0 Å². The molecule has 0 spiro atoms. The van der Waals surface area contributed by atoms with Crippen LogP contribution in [0.25, 0.3) is 0 Å². The Balaban J connectivity index is 1.88. The molecule has 1 aliphatic rings. The van der Waals surface area contributed by atoms with E-state index in [2.05, 4.69) is 30.5 Å². The highest BCUT2D eigenvalue weighted by Gasteiger charge is 2.16. The molecule has 1 aromatic rings. The monoisotopic (exact) mass is 246 g/mol. The summed E-state index contributed by atoms with van der Waals surface area (Å²) in [5.74, 6) is 0.683. The molecule has 1 saturated heterocycles. The highest BCUT2D eigenvalue weighted by Crippen LogP contribution is 2.18. The molecule has 1 heterocycles. The summed E-state index contributed by atoms with van der Waals surface area (Å²) in [4.78, 5) is 11.9. The molecule has 0 aromatic heterocycles. The minimum atomic E-state index is 0.144. The van der Waals surface area contributed by atoms with Gasteiger partial charge in [-0.25, -0.2) is 0 Å². The van der Waals surface area contributed by atoms with Crippen LogP contribution in [0.15, 0.2) is 18.2 Å². The molecule has 1 aromatic carbocycles. The van der Waals surface area contributed by atoms with Crippen LogP contribution in [0.2, 0.25) is 0 Å². The van der Waals surface area contributed by atoms with Crippen molar-refractivity contribution in [1.29, 1.82) is 0 Å². The molecular weight excluding hydrogens is 224 g/mol. The van der Waals surface area contributed by atoms with Crippen molar-refractivity contribution in [2.75, 3.05) is 18.4 Å². The molecule has 0 unspecified atom stereocenters. The summed E-state index contributed by atoms with van der Waals surface area (Å²) >= 11 is 0. The van der Waals surface area contributed by atoms with E-state index in [1.807, 2.05) is 12.1 Å². The number of rotatable bonds is 3. The molecule has 3 heteroatoms. The molecule has 0 bridgehead atoms. The number of anilines is 1. The Morgan fingerprint density at radius 3 is 2.67 bits per heavy atom. The molecule has 1 amide bonds. The second-order valence-electron chi connectivity index (χ2n) is 5.24. The third-order valence-corrected chi connectivity index (χ3v) is 3.72. The van der Waals surface area contributed by atoms with Crippen molar-refractivity contribution >= 4 is 11.6 Å². The number of benzene rings is 1. The van der Waals surface area contributed by atoms with Crippen LogP contribution < -0.4 is 10.6 Å². The van der Waals surface area contributed by atoms with Crippen LogP contribution in [0.5, 0.6) is 0 Å². The summed E-state index contributed by atoms with van der Waals surface area (Å²) in [5, 5.41) is 6.32. The summed E-state index contributed by atoms with van der Waals surface area (Å²) in [6, 6.07) is 6.06. The van der Waals surface area contributed by atoms with Crippen LogP contribution in [0, 0.1) is 19.8 Å². The first kappa shape index (κ1) is 13.1. The van der Waals surface area contributed by atoms with Crippen LogP contribution in [-0.4, -0.2) is 19.0 Å². The fourth-order valence-corrected chi connectivity index (χ4v) is 2.38. The van der Waals surface area contributed by atoms with Crippen LogP contribution >= 0.6 is 0 Å². The number of carbonyl (C=O) groups excluding carboxylic acids is 1. The smallest absolute Gasteiger partial charge is 0.224 e. The van der Waals surface area contributed by atoms with Gasteiger partial charge in [0.05, 0.1) is 0 Å². The number of hydrogen-bond acceptors (Lipinski definition) is 2. The number of piperidine rings is 1. The van der Waals surface area contributed by atoms with Crippen molar-refractivity contribution in [1.82, 2.24) is 5.32 Å². The van der Waals surface area contributed by atoms with Gasteiger partial charge in [-0.05, 0) is 69.0 Å². The molecule has 2 N–H and O–H groups in total. The van der Waals surface area contributed by atoms with E-state index in [-0.39, 0.29) is 5.91 Å². The number of aryl methyl sites for hydroxylation is 2. The molecule has 3 nitrogen and oxygen atoms in total. The summed E-state index contributed by atoms with van der Waals surface area (Å²) < 4.78 is 0. The normalized spacial score (nSPS) is 16.6. The Bertz CT molecular complexity index is 423. The van der Waals surface area contributed by atoms with Crippen molar-refractivity contribution in [3.8, 4) is 0 Å². The average Bonchev–Trinajstić information content (AvgIpc) is 2.35. The maximum absolute atomic E-state index is 11.9. The van der Waals surface area contributed by atoms with E-state index in [1.54, 1.807) is 0 Å². The highest BCUT2D eigenvalue weighted by atomic mass is 16.1. The first-order valence-electron chi connectivity index (χ1n) is 6.73. The number of nitrogens with one attached hydrogen (secondary N) is 2. The van der Waals surface area contributed by atoms with Crippen molar-refractivity contribution in [2.45, 2.75) is 33.1 Å². The lowest BCUT2D eigenvalue weighted by atomic mass is 9.94. The van der Waals surface area contributed by atoms with Crippen LogP contribution in [0.3, 0.4) is 0 Å². The third kappa shape index (κ3) is 3.57. The third-order valence-electron chi connectivity index (χ3n) is 3.72. The Hall–Kier alpha value is -1.35. The SMILES string of the molecule is Cc1ccc(NC(=O)CC2CCNCC2)cc1C. The van der Waals surface area contributed by atoms with E-state index in [0.29, 0.717) is 12.3 Å². The predicted molar refractivity (Wildman–Crippen MR) is 74.8 cm³/mol. The van der Waals surface area contributed by atoms with Gasteiger partial charge >= 0.3 is 0 Å². The van der Waals surface area contributed by atoms with E-state index in [9.17, 15) is 4.79 Å². The lowest BCUT2D eigenvalue weighted by Gasteiger charge is -2.22. The lowest BCUT2D eigenvalue weighted by Crippen LogP contribution is -2.30. The first-order valence-corrected chi connectivity index (χ1v) is 6.73. The van der Waals surface area contributed by atoms with Crippen molar-refractivity contribution in [3.05, 3.63) is 29.3 Å². The average molecular weight is 246 g/mol. The Labute approximate surface area is 109 Å². The second kappa shape index (κ2) is 6.01. The molecule has 0 saturated carbocycles. The predicted octanol–water partition coefficient (Wildman–Crippen LogP) is 2.63. The Morgan fingerprint density at radius 1 is 1.28 bits per heavy atom. The van der Waals surface area contributed by atoms with Gasteiger partial charge in [0.2, 0.25) is 5.91 Å². The molecule has 18 heavy (non-hydrogen) atoms. The molecule has 2 rings (SSSR count). The van der Waals surface area contributed by atoms with Gasteiger partial charge in [-0.3, -0.25) is 4.79 Å². The fourth-order valence-electron chi connectivity index (χ4n) is 2.38. The van der Waals surface area contributed by atoms with Crippen molar-refractivity contribution < 1.29 is 4.79 Å². The van der Waals surface area contributed by atoms with Gasteiger partial charge in [-0.1, -0.05) is 6.07 Å². The standard InChI is InChI=1S/C15H22N2O/c1-11-3-4-14(9-12(11)2)17-15(18)10-13-5-7-16-8-6-13/h3-4,9,13,16H,5-8,10H2,1-2H3,(H,17,18). The molecule has 0 radical (unpaired) electrons. The zero-order chi connectivity index (χ0) is 13.0. The van der Waals surface area contributed by atoms with E-state index < -0.39 is 0 Å². The topological polar surface area (TPSA) is 41.1 Å². The van der Waals surface area contributed by atoms with Gasteiger partial charge < -0.3 is 10.6 Å². The number of carbonyl (C=O) groups is 1. The lowest BCUT2D eigenvalue weighted by molar-refractivity contribution is -0.117. The quantitative estimate of drug-likeness (QED) is 0.861. The summed E-state index contributed by atoms with van der Waals surface area (Å²) in [5.41, 5.74) is 3.39. The Morgan fingerprint density at radius 2 is 2.00 bits per heavy atom. The minimum Gasteiger partial charge on any atom is -0.326 e. The number of amides is 1. The van der Waals surface area contributed by atoms with E-state index >= 15 is 0 Å².